The number of Topliss-reactive ketones (excluding diaryl/α,β-unsaturated/α-hetero) is 1. The zero-order valence-corrected chi connectivity index (χ0v) is 9.66. The van der Waals surface area contributed by atoms with Gasteiger partial charge in [-0.25, -0.2) is 0 Å². The molecule has 1 atom stereocenters. The molecule has 0 bridgehead atoms. The van der Waals surface area contributed by atoms with Gasteiger partial charge in [-0.05, 0) is 19.4 Å². The first-order valence-electron chi connectivity index (χ1n) is 5.26. The fourth-order valence-corrected chi connectivity index (χ4v) is 2.22. The first-order chi connectivity index (χ1) is 7.42. The smallest absolute Gasteiger partial charge is 0.303 e. The lowest BCUT2D eigenvalue weighted by Crippen LogP contribution is -2.37. The molecule has 0 radical (unpaired) electrons. The van der Waals surface area contributed by atoms with Gasteiger partial charge in [-0.1, -0.05) is 23.8 Å². The summed E-state index contributed by atoms with van der Waals surface area (Å²) in [5.74, 6) is -0.516. The summed E-state index contributed by atoms with van der Waals surface area (Å²) < 4.78 is 5.14. The highest BCUT2D eigenvalue weighted by Gasteiger charge is 2.44. The van der Waals surface area contributed by atoms with Crippen molar-refractivity contribution in [3.05, 3.63) is 34.9 Å². The Morgan fingerprint density at radius 1 is 1.44 bits per heavy atom. The Kier molecular flexibility index (Phi) is 2.34. The number of fused-ring (bicyclic) bond motifs is 1. The largest absolute Gasteiger partial charge is 0.451 e. The van der Waals surface area contributed by atoms with Crippen molar-refractivity contribution < 1.29 is 14.3 Å². The van der Waals surface area contributed by atoms with E-state index in [1.807, 2.05) is 25.1 Å². The van der Waals surface area contributed by atoms with Gasteiger partial charge >= 0.3 is 5.97 Å². The van der Waals surface area contributed by atoms with Crippen LogP contribution in [0.4, 0.5) is 0 Å². The van der Waals surface area contributed by atoms with Crippen LogP contribution in [0.1, 0.15) is 35.3 Å². The molecule has 1 aliphatic rings. The Morgan fingerprint density at radius 3 is 2.75 bits per heavy atom. The number of hydrogen-bond acceptors (Lipinski definition) is 3. The van der Waals surface area contributed by atoms with Gasteiger partial charge in [-0.3, -0.25) is 9.59 Å². The van der Waals surface area contributed by atoms with Crippen LogP contribution in [0.2, 0.25) is 0 Å². The summed E-state index contributed by atoms with van der Waals surface area (Å²) in [4.78, 5) is 23.1. The molecular weight excluding hydrogens is 204 g/mol. The minimum Gasteiger partial charge on any atom is -0.451 e. The maximum atomic E-state index is 12.1. The molecule has 3 nitrogen and oxygen atoms in total. The summed E-state index contributed by atoms with van der Waals surface area (Å²) in [6.45, 7) is 4.98. The van der Waals surface area contributed by atoms with Crippen molar-refractivity contribution in [2.75, 3.05) is 0 Å². The average Bonchev–Trinajstić information content (AvgIpc) is 2.37. The number of carbonyl (C=O) groups is 2. The van der Waals surface area contributed by atoms with Gasteiger partial charge < -0.3 is 4.74 Å². The second-order valence-electron chi connectivity index (χ2n) is 4.49. The standard InChI is InChI=1S/C13H14O3/c1-8-4-5-11-10(6-8)7-13(3,12(11)15)16-9(2)14/h4-6H,7H2,1-3H3. The van der Waals surface area contributed by atoms with E-state index in [1.54, 1.807) is 6.92 Å². The molecule has 0 aliphatic heterocycles. The van der Waals surface area contributed by atoms with Gasteiger partial charge in [0.05, 0.1) is 0 Å². The SMILES string of the molecule is CC(=O)OC1(C)Cc2cc(C)ccc2C1=O. The monoisotopic (exact) mass is 218 g/mol. The van der Waals surface area contributed by atoms with E-state index in [4.69, 9.17) is 4.74 Å². The third kappa shape index (κ3) is 1.62. The van der Waals surface area contributed by atoms with Crippen molar-refractivity contribution in [3.8, 4) is 0 Å². The number of ether oxygens (including phenoxy) is 1. The predicted molar refractivity (Wildman–Crippen MR) is 59.4 cm³/mol. The van der Waals surface area contributed by atoms with Crippen LogP contribution in [0.3, 0.4) is 0 Å². The molecule has 0 fully saturated rings. The van der Waals surface area contributed by atoms with E-state index in [9.17, 15) is 9.59 Å². The highest BCUT2D eigenvalue weighted by molar-refractivity contribution is 6.07. The first-order valence-corrected chi connectivity index (χ1v) is 5.26. The lowest BCUT2D eigenvalue weighted by molar-refractivity contribution is -0.150. The number of esters is 1. The summed E-state index contributed by atoms with van der Waals surface area (Å²) in [5.41, 5.74) is 1.74. The molecule has 1 aromatic carbocycles. The number of ketones is 1. The predicted octanol–water partition coefficient (Wildman–Crippen LogP) is 2.06. The Hall–Kier alpha value is -1.64. The van der Waals surface area contributed by atoms with Gasteiger partial charge in [0.25, 0.3) is 0 Å². The molecular formula is C13H14O3. The molecule has 0 amide bonds. The van der Waals surface area contributed by atoms with Crippen molar-refractivity contribution in [2.24, 2.45) is 0 Å². The van der Waals surface area contributed by atoms with E-state index < -0.39 is 11.6 Å². The molecule has 84 valence electrons. The quantitative estimate of drug-likeness (QED) is 0.677. The van der Waals surface area contributed by atoms with Crippen molar-refractivity contribution in [3.63, 3.8) is 0 Å². The molecule has 0 aromatic heterocycles. The number of carbonyl (C=O) groups excluding carboxylic acids is 2. The topological polar surface area (TPSA) is 43.4 Å². The minimum absolute atomic E-state index is 0.0994. The number of rotatable bonds is 1. The van der Waals surface area contributed by atoms with Crippen LogP contribution in [-0.4, -0.2) is 17.4 Å². The summed E-state index contributed by atoms with van der Waals surface area (Å²) >= 11 is 0. The number of aryl methyl sites for hydroxylation is 1. The van der Waals surface area contributed by atoms with Crippen molar-refractivity contribution in [1.82, 2.24) is 0 Å². The van der Waals surface area contributed by atoms with Crippen LogP contribution in [-0.2, 0) is 16.0 Å². The molecule has 3 heteroatoms. The van der Waals surface area contributed by atoms with Gasteiger partial charge in [0, 0.05) is 18.9 Å². The van der Waals surface area contributed by atoms with Crippen LogP contribution >= 0.6 is 0 Å². The molecule has 16 heavy (non-hydrogen) atoms. The molecule has 0 heterocycles. The highest BCUT2D eigenvalue weighted by atomic mass is 16.6. The Bertz CT molecular complexity index is 476. The minimum atomic E-state index is -1.01. The fourth-order valence-electron chi connectivity index (χ4n) is 2.22. The molecule has 2 rings (SSSR count). The van der Waals surface area contributed by atoms with E-state index in [0.29, 0.717) is 12.0 Å². The molecule has 0 N–H and O–H groups in total. The van der Waals surface area contributed by atoms with Crippen LogP contribution in [0, 0.1) is 6.92 Å². The molecule has 0 spiro atoms. The average molecular weight is 218 g/mol. The van der Waals surface area contributed by atoms with Crippen molar-refractivity contribution >= 4 is 11.8 Å². The van der Waals surface area contributed by atoms with Crippen LogP contribution < -0.4 is 0 Å². The maximum absolute atomic E-state index is 12.1. The summed E-state index contributed by atoms with van der Waals surface area (Å²) in [7, 11) is 0. The zero-order chi connectivity index (χ0) is 11.9. The molecule has 1 aliphatic carbocycles. The molecule has 1 aromatic rings. The van der Waals surface area contributed by atoms with E-state index in [0.717, 1.165) is 11.1 Å². The first kappa shape index (κ1) is 10.9. The van der Waals surface area contributed by atoms with Gasteiger partial charge in [0.2, 0.25) is 5.78 Å². The van der Waals surface area contributed by atoms with E-state index in [1.165, 1.54) is 6.92 Å². The Labute approximate surface area is 94.4 Å². The lowest BCUT2D eigenvalue weighted by Gasteiger charge is -2.21. The Morgan fingerprint density at radius 2 is 2.12 bits per heavy atom. The van der Waals surface area contributed by atoms with Gasteiger partial charge in [0.15, 0.2) is 5.60 Å². The van der Waals surface area contributed by atoms with Gasteiger partial charge in [-0.2, -0.15) is 0 Å². The number of hydrogen-bond donors (Lipinski definition) is 0. The van der Waals surface area contributed by atoms with Gasteiger partial charge in [-0.15, -0.1) is 0 Å². The zero-order valence-electron chi connectivity index (χ0n) is 9.66. The maximum Gasteiger partial charge on any atom is 0.303 e. The Balaban J connectivity index is 2.40. The molecule has 0 saturated carbocycles. The van der Waals surface area contributed by atoms with E-state index in [2.05, 4.69) is 0 Å². The van der Waals surface area contributed by atoms with Crippen LogP contribution in [0.15, 0.2) is 18.2 Å². The normalized spacial score (nSPS) is 23.1. The highest BCUT2D eigenvalue weighted by Crippen LogP contribution is 2.33. The van der Waals surface area contributed by atoms with Crippen molar-refractivity contribution in [1.29, 1.82) is 0 Å². The molecule has 1 unspecified atom stereocenters. The lowest BCUT2D eigenvalue weighted by atomic mass is 10.0. The van der Waals surface area contributed by atoms with E-state index >= 15 is 0 Å². The van der Waals surface area contributed by atoms with Crippen LogP contribution in [0.25, 0.3) is 0 Å². The second kappa shape index (κ2) is 3.44. The number of benzene rings is 1. The van der Waals surface area contributed by atoms with Crippen LogP contribution in [0.5, 0.6) is 0 Å². The summed E-state index contributed by atoms with van der Waals surface area (Å²) in [6.07, 6.45) is 0.475. The summed E-state index contributed by atoms with van der Waals surface area (Å²) in [5, 5.41) is 0. The van der Waals surface area contributed by atoms with E-state index in [-0.39, 0.29) is 5.78 Å². The second-order valence-corrected chi connectivity index (χ2v) is 4.49. The van der Waals surface area contributed by atoms with Crippen molar-refractivity contribution in [2.45, 2.75) is 32.8 Å². The van der Waals surface area contributed by atoms with Gasteiger partial charge in [0.1, 0.15) is 0 Å². The third-order valence-electron chi connectivity index (χ3n) is 2.88. The third-order valence-corrected chi connectivity index (χ3v) is 2.88. The molecule has 0 saturated heterocycles. The summed E-state index contributed by atoms with van der Waals surface area (Å²) in [6, 6.07) is 5.68. The fraction of sp³-hybridized carbons (Fsp3) is 0.385.